The number of benzene rings is 2. The molecule has 3 aromatic rings. The summed E-state index contributed by atoms with van der Waals surface area (Å²) in [4.78, 5) is 4.62. The Hall–Kier alpha value is -1.32. The van der Waals surface area contributed by atoms with E-state index >= 15 is 0 Å². The summed E-state index contributed by atoms with van der Waals surface area (Å²) in [5.41, 5.74) is 4.83. The number of hydrogen-bond acceptors (Lipinski definition) is 1. The second kappa shape index (κ2) is 6.20. The van der Waals surface area contributed by atoms with Crippen molar-refractivity contribution in [3.05, 3.63) is 63.9 Å². The molecular weight excluding hydrogens is 348 g/mol. The van der Waals surface area contributed by atoms with E-state index in [0.29, 0.717) is 5.88 Å². The first-order valence-corrected chi connectivity index (χ1v) is 8.27. The standard InChI is InChI=1S/C17H16BrClN2/c1-12-4-2-3-5-13(12)8-9-21-16-10-14(18)6-7-15(16)20-17(21)11-19/h2-7,10H,8-9,11H2,1H3. The lowest BCUT2D eigenvalue weighted by Gasteiger charge is -2.10. The van der Waals surface area contributed by atoms with Crippen molar-refractivity contribution < 1.29 is 0 Å². The van der Waals surface area contributed by atoms with Crippen LogP contribution in [0.15, 0.2) is 46.9 Å². The van der Waals surface area contributed by atoms with Gasteiger partial charge in [0.25, 0.3) is 0 Å². The van der Waals surface area contributed by atoms with Crippen molar-refractivity contribution in [3.63, 3.8) is 0 Å². The monoisotopic (exact) mass is 362 g/mol. The summed E-state index contributed by atoms with van der Waals surface area (Å²) in [6, 6.07) is 14.7. The van der Waals surface area contributed by atoms with Gasteiger partial charge in [-0.2, -0.15) is 0 Å². The first-order valence-electron chi connectivity index (χ1n) is 6.94. The Bertz CT molecular complexity index is 780. The molecule has 2 aromatic carbocycles. The zero-order valence-corrected chi connectivity index (χ0v) is 14.2. The summed E-state index contributed by atoms with van der Waals surface area (Å²) in [6.45, 7) is 3.04. The lowest BCUT2D eigenvalue weighted by atomic mass is 10.1. The van der Waals surface area contributed by atoms with Crippen LogP contribution in [-0.4, -0.2) is 9.55 Å². The van der Waals surface area contributed by atoms with Gasteiger partial charge in [0.2, 0.25) is 0 Å². The Morgan fingerprint density at radius 2 is 2.00 bits per heavy atom. The van der Waals surface area contributed by atoms with Crippen LogP contribution in [0.3, 0.4) is 0 Å². The van der Waals surface area contributed by atoms with E-state index in [1.807, 2.05) is 12.1 Å². The maximum Gasteiger partial charge on any atom is 0.124 e. The topological polar surface area (TPSA) is 17.8 Å². The normalized spacial score (nSPS) is 11.2. The van der Waals surface area contributed by atoms with Gasteiger partial charge in [0.1, 0.15) is 5.82 Å². The fourth-order valence-corrected chi connectivity index (χ4v) is 3.17. The smallest absolute Gasteiger partial charge is 0.124 e. The Balaban J connectivity index is 1.96. The predicted molar refractivity (Wildman–Crippen MR) is 91.9 cm³/mol. The molecule has 0 fully saturated rings. The quantitative estimate of drug-likeness (QED) is 0.590. The van der Waals surface area contributed by atoms with Crippen LogP contribution in [0.2, 0.25) is 0 Å². The van der Waals surface area contributed by atoms with E-state index in [1.54, 1.807) is 0 Å². The van der Waals surface area contributed by atoms with Crippen molar-refractivity contribution in [2.24, 2.45) is 0 Å². The van der Waals surface area contributed by atoms with Crippen molar-refractivity contribution in [1.29, 1.82) is 0 Å². The van der Waals surface area contributed by atoms with Crippen LogP contribution in [0, 0.1) is 6.92 Å². The van der Waals surface area contributed by atoms with Gasteiger partial charge in [0.15, 0.2) is 0 Å². The van der Waals surface area contributed by atoms with Crippen molar-refractivity contribution >= 4 is 38.6 Å². The lowest BCUT2D eigenvalue weighted by Crippen LogP contribution is -2.06. The van der Waals surface area contributed by atoms with E-state index in [0.717, 1.165) is 34.3 Å². The maximum atomic E-state index is 6.06. The van der Waals surface area contributed by atoms with Crippen LogP contribution in [0.1, 0.15) is 17.0 Å². The minimum absolute atomic E-state index is 0.431. The number of aromatic nitrogens is 2. The number of nitrogens with zero attached hydrogens (tertiary/aromatic N) is 2. The number of halogens is 2. The number of alkyl halides is 1. The molecule has 0 aliphatic heterocycles. The van der Waals surface area contributed by atoms with Crippen molar-refractivity contribution in [2.75, 3.05) is 0 Å². The third-order valence-electron chi connectivity index (χ3n) is 3.77. The molecule has 1 heterocycles. The Morgan fingerprint density at radius 3 is 2.76 bits per heavy atom. The van der Waals surface area contributed by atoms with Crippen LogP contribution in [-0.2, 0) is 18.8 Å². The van der Waals surface area contributed by atoms with Gasteiger partial charge in [0, 0.05) is 11.0 Å². The molecule has 0 unspecified atom stereocenters. The largest absolute Gasteiger partial charge is 0.327 e. The first kappa shape index (κ1) is 14.6. The van der Waals surface area contributed by atoms with E-state index in [4.69, 9.17) is 11.6 Å². The van der Waals surface area contributed by atoms with Crippen LogP contribution >= 0.6 is 27.5 Å². The highest BCUT2D eigenvalue weighted by Crippen LogP contribution is 2.23. The molecule has 2 nitrogen and oxygen atoms in total. The van der Waals surface area contributed by atoms with Gasteiger partial charge in [-0.1, -0.05) is 40.2 Å². The number of rotatable bonds is 4. The van der Waals surface area contributed by atoms with Gasteiger partial charge in [-0.3, -0.25) is 0 Å². The minimum Gasteiger partial charge on any atom is -0.327 e. The molecule has 0 aliphatic carbocycles. The van der Waals surface area contributed by atoms with Gasteiger partial charge in [0.05, 0.1) is 16.9 Å². The summed E-state index contributed by atoms with van der Waals surface area (Å²) in [5.74, 6) is 1.36. The predicted octanol–water partition coefficient (Wildman–Crippen LogP) is 5.09. The Kier molecular flexibility index (Phi) is 4.32. The zero-order valence-electron chi connectivity index (χ0n) is 11.8. The fraction of sp³-hybridized carbons (Fsp3) is 0.235. The molecule has 0 aliphatic rings. The van der Waals surface area contributed by atoms with Gasteiger partial charge < -0.3 is 4.57 Å². The van der Waals surface area contributed by atoms with Crippen LogP contribution < -0.4 is 0 Å². The molecule has 0 atom stereocenters. The highest BCUT2D eigenvalue weighted by atomic mass is 79.9. The molecule has 0 amide bonds. The van der Waals surface area contributed by atoms with Gasteiger partial charge >= 0.3 is 0 Å². The average Bonchev–Trinajstić information content (AvgIpc) is 2.83. The van der Waals surface area contributed by atoms with Crippen LogP contribution in [0.25, 0.3) is 11.0 Å². The summed E-state index contributed by atoms with van der Waals surface area (Å²) >= 11 is 9.59. The van der Waals surface area contributed by atoms with E-state index in [9.17, 15) is 0 Å². The van der Waals surface area contributed by atoms with Crippen molar-refractivity contribution in [2.45, 2.75) is 25.8 Å². The average molecular weight is 364 g/mol. The van der Waals surface area contributed by atoms with E-state index < -0.39 is 0 Å². The summed E-state index contributed by atoms with van der Waals surface area (Å²) in [6.07, 6.45) is 0.981. The van der Waals surface area contributed by atoms with E-state index in [2.05, 4.69) is 62.7 Å². The number of imidazole rings is 1. The van der Waals surface area contributed by atoms with E-state index in [-0.39, 0.29) is 0 Å². The van der Waals surface area contributed by atoms with Crippen LogP contribution in [0.4, 0.5) is 0 Å². The molecule has 0 N–H and O–H groups in total. The fourth-order valence-electron chi connectivity index (χ4n) is 2.62. The molecule has 0 saturated carbocycles. The third-order valence-corrected chi connectivity index (χ3v) is 4.51. The number of hydrogen-bond donors (Lipinski definition) is 0. The molecule has 0 spiro atoms. The van der Waals surface area contributed by atoms with Gasteiger partial charge in [-0.15, -0.1) is 11.6 Å². The lowest BCUT2D eigenvalue weighted by molar-refractivity contribution is 0.686. The second-order valence-electron chi connectivity index (χ2n) is 5.12. The SMILES string of the molecule is Cc1ccccc1CCn1c(CCl)nc2ccc(Br)cc21. The van der Waals surface area contributed by atoms with Gasteiger partial charge in [-0.05, 0) is 42.7 Å². The Labute approximate surface area is 137 Å². The van der Waals surface area contributed by atoms with Crippen LogP contribution in [0.5, 0.6) is 0 Å². The van der Waals surface area contributed by atoms with E-state index in [1.165, 1.54) is 11.1 Å². The maximum absolute atomic E-state index is 6.06. The molecule has 4 heteroatoms. The molecule has 21 heavy (non-hydrogen) atoms. The van der Waals surface area contributed by atoms with Crippen molar-refractivity contribution in [3.8, 4) is 0 Å². The number of fused-ring (bicyclic) bond motifs is 1. The molecule has 0 bridgehead atoms. The first-order chi connectivity index (χ1) is 10.2. The molecule has 108 valence electrons. The summed E-state index contributed by atoms with van der Waals surface area (Å²) in [7, 11) is 0. The van der Waals surface area contributed by atoms with Gasteiger partial charge in [-0.25, -0.2) is 4.98 Å². The highest BCUT2D eigenvalue weighted by Gasteiger charge is 2.10. The van der Waals surface area contributed by atoms with Crippen molar-refractivity contribution in [1.82, 2.24) is 9.55 Å². The molecular formula is C17H16BrClN2. The highest BCUT2D eigenvalue weighted by molar-refractivity contribution is 9.10. The third kappa shape index (κ3) is 2.99. The zero-order chi connectivity index (χ0) is 14.8. The minimum atomic E-state index is 0.431. The number of aryl methyl sites for hydroxylation is 3. The molecule has 3 rings (SSSR count). The molecule has 1 aromatic heterocycles. The Morgan fingerprint density at radius 1 is 1.19 bits per heavy atom. The molecule has 0 saturated heterocycles. The summed E-state index contributed by atoms with van der Waals surface area (Å²) < 4.78 is 3.28. The summed E-state index contributed by atoms with van der Waals surface area (Å²) in [5, 5.41) is 0. The second-order valence-corrected chi connectivity index (χ2v) is 6.31. The molecule has 0 radical (unpaired) electrons.